The van der Waals surface area contributed by atoms with E-state index >= 15 is 0 Å². The summed E-state index contributed by atoms with van der Waals surface area (Å²) in [6.45, 7) is 1.12. The van der Waals surface area contributed by atoms with Gasteiger partial charge in [0.15, 0.2) is 0 Å². The SMILES string of the molecule is O=C(NC1CCOCC1)c1c(Cl)ccc(S(=O)(=O)Cl)c1Cl. The number of hydrogen-bond acceptors (Lipinski definition) is 4. The lowest BCUT2D eigenvalue weighted by molar-refractivity contribution is 0.0696. The lowest BCUT2D eigenvalue weighted by Crippen LogP contribution is -2.39. The fourth-order valence-corrected chi connectivity index (χ4v) is 3.93. The van der Waals surface area contributed by atoms with E-state index in [-0.39, 0.29) is 26.5 Å². The molecule has 5 nitrogen and oxygen atoms in total. The Morgan fingerprint density at radius 1 is 1.24 bits per heavy atom. The van der Waals surface area contributed by atoms with Crippen LogP contribution in [0.4, 0.5) is 0 Å². The molecule has 0 aliphatic carbocycles. The maximum absolute atomic E-state index is 12.3. The number of nitrogens with one attached hydrogen (secondary N) is 1. The first-order valence-electron chi connectivity index (χ1n) is 6.12. The molecule has 1 aromatic rings. The summed E-state index contributed by atoms with van der Waals surface area (Å²) >= 11 is 11.9. The Morgan fingerprint density at radius 2 is 1.86 bits per heavy atom. The maximum atomic E-state index is 12.3. The molecule has 0 saturated carbocycles. The van der Waals surface area contributed by atoms with Gasteiger partial charge in [-0.05, 0) is 25.0 Å². The van der Waals surface area contributed by atoms with Crippen LogP contribution in [0.3, 0.4) is 0 Å². The summed E-state index contributed by atoms with van der Waals surface area (Å²) in [7, 11) is 1.22. The van der Waals surface area contributed by atoms with Gasteiger partial charge in [-0.3, -0.25) is 4.79 Å². The Labute approximate surface area is 136 Å². The van der Waals surface area contributed by atoms with Gasteiger partial charge in [0.25, 0.3) is 15.0 Å². The molecular formula is C12H12Cl3NO4S. The zero-order valence-corrected chi connectivity index (χ0v) is 13.8. The molecule has 0 atom stereocenters. The molecule has 0 unspecified atom stereocenters. The van der Waals surface area contributed by atoms with Crippen LogP contribution in [0.25, 0.3) is 0 Å². The highest BCUT2D eigenvalue weighted by molar-refractivity contribution is 8.13. The number of carbonyl (C=O) groups is 1. The molecule has 116 valence electrons. The van der Waals surface area contributed by atoms with Gasteiger partial charge in [0, 0.05) is 29.9 Å². The summed E-state index contributed by atoms with van der Waals surface area (Å²) in [5.41, 5.74) is -0.0912. The van der Waals surface area contributed by atoms with Gasteiger partial charge in [0.05, 0.1) is 15.6 Å². The van der Waals surface area contributed by atoms with Crippen molar-refractivity contribution in [3.8, 4) is 0 Å². The normalized spacial score (nSPS) is 16.7. The van der Waals surface area contributed by atoms with E-state index in [9.17, 15) is 13.2 Å². The smallest absolute Gasteiger partial charge is 0.262 e. The van der Waals surface area contributed by atoms with Crippen molar-refractivity contribution >= 4 is 48.8 Å². The average molecular weight is 373 g/mol. The van der Waals surface area contributed by atoms with Gasteiger partial charge in [-0.2, -0.15) is 0 Å². The average Bonchev–Trinajstić information content (AvgIpc) is 2.38. The number of ether oxygens (including phenoxy) is 1. The number of rotatable bonds is 3. The summed E-state index contributed by atoms with van der Waals surface area (Å²) in [5, 5.41) is 2.56. The van der Waals surface area contributed by atoms with Crippen LogP contribution < -0.4 is 5.32 Å². The van der Waals surface area contributed by atoms with Crippen molar-refractivity contribution in [1.82, 2.24) is 5.32 Å². The van der Waals surface area contributed by atoms with Crippen LogP contribution >= 0.6 is 33.9 Å². The van der Waals surface area contributed by atoms with Crippen molar-refractivity contribution in [1.29, 1.82) is 0 Å². The number of amides is 1. The van der Waals surface area contributed by atoms with Gasteiger partial charge in [-0.1, -0.05) is 23.2 Å². The Bertz CT molecular complexity index is 657. The lowest BCUT2D eigenvalue weighted by Gasteiger charge is -2.23. The van der Waals surface area contributed by atoms with Crippen LogP contribution in [0, 0.1) is 0 Å². The summed E-state index contributed by atoms with van der Waals surface area (Å²) in [4.78, 5) is 11.9. The summed E-state index contributed by atoms with van der Waals surface area (Å²) in [5.74, 6) is -0.529. The third-order valence-corrected chi connectivity index (χ3v) is 5.29. The monoisotopic (exact) mass is 371 g/mol. The Hall–Kier alpha value is -0.530. The minimum atomic E-state index is -4.06. The largest absolute Gasteiger partial charge is 0.381 e. The van der Waals surface area contributed by atoms with Gasteiger partial charge in [0.1, 0.15) is 4.90 Å². The molecule has 1 saturated heterocycles. The van der Waals surface area contributed by atoms with Gasteiger partial charge < -0.3 is 10.1 Å². The lowest BCUT2D eigenvalue weighted by atomic mass is 10.1. The number of halogens is 3. The van der Waals surface area contributed by atoms with Crippen molar-refractivity contribution in [2.75, 3.05) is 13.2 Å². The van der Waals surface area contributed by atoms with Crippen LogP contribution in [0.1, 0.15) is 23.2 Å². The van der Waals surface area contributed by atoms with Gasteiger partial charge in [-0.25, -0.2) is 8.42 Å². The fourth-order valence-electron chi connectivity index (χ4n) is 2.03. The second kappa shape index (κ2) is 6.71. The van der Waals surface area contributed by atoms with Gasteiger partial charge in [-0.15, -0.1) is 0 Å². The van der Waals surface area contributed by atoms with Crippen LogP contribution in [-0.2, 0) is 13.8 Å². The predicted octanol–water partition coefficient (Wildman–Crippen LogP) is 2.83. The molecular weight excluding hydrogens is 361 g/mol. The molecule has 1 heterocycles. The van der Waals surface area contributed by atoms with Crippen LogP contribution in [0.5, 0.6) is 0 Å². The van der Waals surface area contributed by atoms with Gasteiger partial charge >= 0.3 is 0 Å². The summed E-state index contributed by atoms with van der Waals surface area (Å²) in [6.07, 6.45) is 1.35. The van der Waals surface area contributed by atoms with Crippen molar-refractivity contribution in [2.24, 2.45) is 0 Å². The molecule has 1 aliphatic rings. The molecule has 9 heteroatoms. The first kappa shape index (κ1) is 16.8. The van der Waals surface area contributed by atoms with Crippen molar-refractivity contribution in [2.45, 2.75) is 23.8 Å². The first-order valence-corrected chi connectivity index (χ1v) is 9.18. The Kier molecular flexibility index (Phi) is 5.38. The molecule has 1 amide bonds. The van der Waals surface area contributed by atoms with E-state index < -0.39 is 15.0 Å². The first-order chi connectivity index (χ1) is 9.80. The van der Waals surface area contributed by atoms with Crippen molar-refractivity contribution < 1.29 is 17.9 Å². The Balaban J connectivity index is 2.32. The zero-order valence-electron chi connectivity index (χ0n) is 10.7. The van der Waals surface area contributed by atoms with Crippen LogP contribution in [0.15, 0.2) is 17.0 Å². The molecule has 21 heavy (non-hydrogen) atoms. The van der Waals surface area contributed by atoms with E-state index in [0.29, 0.717) is 26.1 Å². The van der Waals surface area contributed by atoms with Crippen molar-refractivity contribution in [3.05, 3.63) is 27.7 Å². The van der Waals surface area contributed by atoms with Crippen LogP contribution in [-0.4, -0.2) is 33.6 Å². The van der Waals surface area contributed by atoms with E-state index in [1.165, 1.54) is 6.07 Å². The minimum absolute atomic E-state index is 0.0605. The van der Waals surface area contributed by atoms with E-state index in [1.807, 2.05) is 0 Å². The second-order valence-corrected chi connectivity index (χ2v) is 7.85. The quantitative estimate of drug-likeness (QED) is 0.828. The molecule has 1 fully saturated rings. The highest BCUT2D eigenvalue weighted by atomic mass is 35.7. The highest BCUT2D eigenvalue weighted by Gasteiger charge is 2.25. The third-order valence-electron chi connectivity index (χ3n) is 3.10. The standard InChI is InChI=1S/C12H12Cl3NO4S/c13-8-1-2-9(21(15,18)19)11(14)10(8)12(17)16-7-3-5-20-6-4-7/h1-2,7H,3-6H2,(H,16,17). The molecule has 0 bridgehead atoms. The van der Waals surface area contributed by atoms with E-state index in [1.54, 1.807) is 0 Å². The highest BCUT2D eigenvalue weighted by Crippen LogP contribution is 2.32. The number of carbonyl (C=O) groups excluding carboxylic acids is 1. The maximum Gasteiger partial charge on any atom is 0.262 e. The summed E-state index contributed by atoms with van der Waals surface area (Å²) < 4.78 is 28.0. The molecule has 1 aliphatic heterocycles. The van der Waals surface area contributed by atoms with Crippen molar-refractivity contribution in [3.63, 3.8) is 0 Å². The fraction of sp³-hybridized carbons (Fsp3) is 0.417. The molecule has 0 aromatic heterocycles. The molecule has 0 radical (unpaired) electrons. The molecule has 0 spiro atoms. The van der Waals surface area contributed by atoms with Crippen LogP contribution in [0.2, 0.25) is 10.0 Å². The van der Waals surface area contributed by atoms with E-state index in [2.05, 4.69) is 5.32 Å². The summed E-state index contributed by atoms with van der Waals surface area (Å²) in [6, 6.07) is 2.38. The number of hydrogen-bond donors (Lipinski definition) is 1. The van der Waals surface area contributed by atoms with Gasteiger partial charge in [0.2, 0.25) is 0 Å². The topological polar surface area (TPSA) is 72.5 Å². The second-order valence-electron chi connectivity index (χ2n) is 4.53. The molecule has 2 rings (SSSR count). The predicted molar refractivity (Wildman–Crippen MR) is 80.8 cm³/mol. The Morgan fingerprint density at radius 3 is 2.43 bits per heavy atom. The number of benzene rings is 1. The molecule has 1 aromatic carbocycles. The molecule has 1 N–H and O–H groups in total. The van der Waals surface area contributed by atoms with E-state index in [4.69, 9.17) is 38.6 Å². The minimum Gasteiger partial charge on any atom is -0.381 e. The third kappa shape index (κ3) is 4.02. The zero-order chi connectivity index (χ0) is 15.6. The van der Waals surface area contributed by atoms with E-state index in [0.717, 1.165) is 6.07 Å².